The zero-order valence-electron chi connectivity index (χ0n) is 7.27. The average Bonchev–Trinajstić information content (AvgIpc) is 2.67. The number of benzene rings is 1. The second-order valence-corrected chi connectivity index (χ2v) is 3.99. The maximum absolute atomic E-state index is 5.86. The van der Waals surface area contributed by atoms with Crippen LogP contribution in [0.3, 0.4) is 0 Å². The highest BCUT2D eigenvalue weighted by Gasteiger charge is 1.96. The Hall–Kier alpha value is -1.13. The fourth-order valence-electron chi connectivity index (χ4n) is 1.08. The lowest BCUT2D eigenvalue weighted by atomic mass is 10.2. The molecule has 1 N–H and O–H groups in total. The third kappa shape index (κ3) is 2.43. The first-order valence-electron chi connectivity index (χ1n) is 4.10. The molecule has 3 nitrogen and oxygen atoms in total. The zero-order chi connectivity index (χ0) is 9.80. The normalized spacial score (nSPS) is 10.1. The van der Waals surface area contributed by atoms with Crippen LogP contribution < -0.4 is 5.32 Å². The molecule has 1 aromatic heterocycles. The van der Waals surface area contributed by atoms with Crippen LogP contribution in [-0.2, 0) is 6.54 Å². The van der Waals surface area contributed by atoms with E-state index in [4.69, 9.17) is 11.6 Å². The summed E-state index contributed by atoms with van der Waals surface area (Å²) >= 11 is 7.20. The summed E-state index contributed by atoms with van der Waals surface area (Å²) in [6, 6.07) is 7.75. The van der Waals surface area contributed by atoms with Crippen LogP contribution in [-0.4, -0.2) is 9.59 Å². The van der Waals surface area contributed by atoms with Gasteiger partial charge in [-0.15, -0.1) is 5.10 Å². The molecule has 14 heavy (non-hydrogen) atoms. The summed E-state index contributed by atoms with van der Waals surface area (Å²) < 4.78 is 3.76. The van der Waals surface area contributed by atoms with Gasteiger partial charge in [0.1, 0.15) is 5.00 Å². The molecule has 0 aliphatic heterocycles. The summed E-state index contributed by atoms with van der Waals surface area (Å²) in [5, 5.41) is 8.65. The lowest BCUT2D eigenvalue weighted by Gasteiger charge is -2.02. The molecule has 0 aliphatic rings. The van der Waals surface area contributed by atoms with Crippen LogP contribution in [0, 0.1) is 0 Å². The van der Waals surface area contributed by atoms with Crippen molar-refractivity contribution >= 4 is 28.1 Å². The zero-order valence-corrected chi connectivity index (χ0v) is 8.85. The van der Waals surface area contributed by atoms with E-state index in [0.29, 0.717) is 0 Å². The van der Waals surface area contributed by atoms with Crippen molar-refractivity contribution in [2.75, 3.05) is 5.32 Å². The highest BCUT2D eigenvalue weighted by atomic mass is 35.5. The summed E-state index contributed by atoms with van der Waals surface area (Å²) in [5.74, 6) is 0. The Balaban J connectivity index is 1.98. The Bertz CT molecular complexity index is 402. The number of hydrogen-bond donors (Lipinski definition) is 1. The van der Waals surface area contributed by atoms with E-state index in [2.05, 4.69) is 14.9 Å². The first kappa shape index (κ1) is 9.43. The largest absolute Gasteiger partial charge is 0.370 e. The topological polar surface area (TPSA) is 37.8 Å². The van der Waals surface area contributed by atoms with Crippen LogP contribution >= 0.6 is 23.1 Å². The Morgan fingerprint density at radius 3 is 3.07 bits per heavy atom. The maximum atomic E-state index is 5.86. The third-order valence-electron chi connectivity index (χ3n) is 1.72. The second kappa shape index (κ2) is 4.39. The van der Waals surface area contributed by atoms with Gasteiger partial charge in [0.2, 0.25) is 0 Å². The van der Waals surface area contributed by atoms with Crippen LogP contribution in [0.1, 0.15) is 5.56 Å². The number of hydrogen-bond acceptors (Lipinski definition) is 4. The van der Waals surface area contributed by atoms with E-state index in [1.54, 1.807) is 6.20 Å². The number of nitrogens with zero attached hydrogens (tertiary/aromatic N) is 2. The molecule has 0 spiro atoms. The van der Waals surface area contributed by atoms with E-state index < -0.39 is 0 Å². The molecule has 0 saturated heterocycles. The number of rotatable bonds is 3. The Labute approximate surface area is 90.9 Å². The first-order chi connectivity index (χ1) is 6.84. The van der Waals surface area contributed by atoms with Crippen molar-refractivity contribution in [1.29, 1.82) is 0 Å². The van der Waals surface area contributed by atoms with E-state index in [1.807, 2.05) is 24.3 Å². The number of anilines is 1. The summed E-state index contributed by atoms with van der Waals surface area (Å²) in [5.41, 5.74) is 1.14. The number of nitrogens with one attached hydrogen (secondary N) is 1. The van der Waals surface area contributed by atoms with Crippen molar-refractivity contribution in [3.63, 3.8) is 0 Å². The van der Waals surface area contributed by atoms with Gasteiger partial charge in [-0.3, -0.25) is 0 Å². The van der Waals surface area contributed by atoms with E-state index in [1.165, 1.54) is 11.5 Å². The second-order valence-electron chi connectivity index (χ2n) is 2.77. The molecule has 1 heterocycles. The van der Waals surface area contributed by atoms with Gasteiger partial charge in [0, 0.05) is 23.1 Å². The van der Waals surface area contributed by atoms with Gasteiger partial charge in [0.05, 0.1) is 6.20 Å². The standard InChI is InChI=1S/C9H8ClN3S/c10-8-3-1-2-7(4-8)5-11-9-6-12-13-14-9/h1-4,6,11H,5H2. The molecule has 0 unspecified atom stereocenters. The predicted molar refractivity (Wildman–Crippen MR) is 58.7 cm³/mol. The van der Waals surface area contributed by atoms with Gasteiger partial charge in [-0.25, -0.2) is 0 Å². The molecule has 0 radical (unpaired) electrons. The van der Waals surface area contributed by atoms with E-state index in [9.17, 15) is 0 Å². The maximum Gasteiger partial charge on any atom is 0.130 e. The summed E-state index contributed by atoms with van der Waals surface area (Å²) in [6.45, 7) is 0.741. The van der Waals surface area contributed by atoms with Gasteiger partial charge in [0.25, 0.3) is 0 Å². The molecule has 0 bridgehead atoms. The predicted octanol–water partition coefficient (Wildman–Crippen LogP) is 2.80. The Morgan fingerprint density at radius 2 is 2.36 bits per heavy atom. The summed E-state index contributed by atoms with van der Waals surface area (Å²) in [4.78, 5) is 0. The fourth-order valence-corrected chi connectivity index (χ4v) is 1.71. The average molecular weight is 226 g/mol. The molecule has 0 amide bonds. The van der Waals surface area contributed by atoms with Gasteiger partial charge < -0.3 is 5.32 Å². The minimum Gasteiger partial charge on any atom is -0.370 e. The first-order valence-corrected chi connectivity index (χ1v) is 5.25. The van der Waals surface area contributed by atoms with Crippen LogP contribution in [0.15, 0.2) is 30.5 Å². The molecule has 0 saturated carbocycles. The van der Waals surface area contributed by atoms with Crippen molar-refractivity contribution in [3.05, 3.63) is 41.0 Å². The van der Waals surface area contributed by atoms with Crippen molar-refractivity contribution in [2.45, 2.75) is 6.54 Å². The monoisotopic (exact) mass is 225 g/mol. The number of aromatic nitrogens is 2. The van der Waals surface area contributed by atoms with Crippen LogP contribution in [0.25, 0.3) is 0 Å². The third-order valence-corrected chi connectivity index (χ3v) is 2.57. The lowest BCUT2D eigenvalue weighted by Crippen LogP contribution is -1.96. The van der Waals surface area contributed by atoms with Crippen LogP contribution in [0.2, 0.25) is 5.02 Å². The lowest BCUT2D eigenvalue weighted by molar-refractivity contribution is 1.13. The molecule has 2 aromatic rings. The van der Waals surface area contributed by atoms with E-state index in [0.717, 1.165) is 22.1 Å². The molecule has 72 valence electrons. The SMILES string of the molecule is Clc1cccc(CNc2cnns2)c1. The molecule has 0 fully saturated rings. The Kier molecular flexibility index (Phi) is 2.96. The Morgan fingerprint density at radius 1 is 1.43 bits per heavy atom. The fraction of sp³-hybridized carbons (Fsp3) is 0.111. The molecule has 1 aromatic carbocycles. The highest BCUT2D eigenvalue weighted by molar-refractivity contribution is 7.09. The van der Waals surface area contributed by atoms with Crippen molar-refractivity contribution in [3.8, 4) is 0 Å². The summed E-state index contributed by atoms with van der Waals surface area (Å²) in [7, 11) is 0. The molecule has 5 heteroatoms. The highest BCUT2D eigenvalue weighted by Crippen LogP contribution is 2.14. The molecular weight excluding hydrogens is 218 g/mol. The number of halogens is 1. The van der Waals surface area contributed by atoms with Gasteiger partial charge >= 0.3 is 0 Å². The molecule has 0 aliphatic carbocycles. The van der Waals surface area contributed by atoms with E-state index >= 15 is 0 Å². The quantitative estimate of drug-likeness (QED) is 0.873. The van der Waals surface area contributed by atoms with Crippen molar-refractivity contribution < 1.29 is 0 Å². The minimum atomic E-state index is 0.741. The van der Waals surface area contributed by atoms with Crippen molar-refractivity contribution in [2.24, 2.45) is 0 Å². The van der Waals surface area contributed by atoms with E-state index in [-0.39, 0.29) is 0 Å². The van der Waals surface area contributed by atoms with Gasteiger partial charge in [0.15, 0.2) is 0 Å². The van der Waals surface area contributed by atoms with Crippen LogP contribution in [0.4, 0.5) is 5.00 Å². The molecule has 2 rings (SSSR count). The van der Waals surface area contributed by atoms with Gasteiger partial charge in [-0.1, -0.05) is 28.2 Å². The smallest absolute Gasteiger partial charge is 0.130 e. The minimum absolute atomic E-state index is 0.741. The molecule has 0 atom stereocenters. The van der Waals surface area contributed by atoms with Gasteiger partial charge in [-0.2, -0.15) is 0 Å². The molecular formula is C9H8ClN3S. The van der Waals surface area contributed by atoms with Gasteiger partial charge in [-0.05, 0) is 17.7 Å². The van der Waals surface area contributed by atoms with Crippen LogP contribution in [0.5, 0.6) is 0 Å². The van der Waals surface area contributed by atoms with Crippen molar-refractivity contribution in [1.82, 2.24) is 9.59 Å². The summed E-state index contributed by atoms with van der Waals surface area (Å²) in [6.07, 6.45) is 1.70.